The summed E-state index contributed by atoms with van der Waals surface area (Å²) in [5.41, 5.74) is 0. The van der Waals surface area contributed by atoms with Gasteiger partial charge in [0.1, 0.15) is 0 Å². The molecule has 0 saturated carbocycles. The van der Waals surface area contributed by atoms with E-state index in [0.29, 0.717) is 24.3 Å². The standard InChI is InChI=1S/C13H26N2O/c1-4-9-15(12-7-8-14-10-12)13(16)6-5-11(2)3/h11-12,14H,4-10H2,1-3H3. The molecule has 0 aliphatic carbocycles. The molecule has 1 aliphatic heterocycles. The highest BCUT2D eigenvalue weighted by molar-refractivity contribution is 5.76. The summed E-state index contributed by atoms with van der Waals surface area (Å²) in [4.78, 5) is 14.2. The summed E-state index contributed by atoms with van der Waals surface area (Å²) in [5, 5.41) is 3.34. The van der Waals surface area contributed by atoms with Crippen molar-refractivity contribution in [2.45, 2.75) is 52.5 Å². The Bertz CT molecular complexity index is 210. The van der Waals surface area contributed by atoms with Gasteiger partial charge < -0.3 is 10.2 Å². The highest BCUT2D eigenvalue weighted by Crippen LogP contribution is 2.13. The van der Waals surface area contributed by atoms with Crippen molar-refractivity contribution < 1.29 is 4.79 Å². The summed E-state index contributed by atoms with van der Waals surface area (Å²) in [6.07, 6.45) is 3.91. The SMILES string of the molecule is CCCN(C(=O)CCC(C)C)C1CCNC1. The minimum absolute atomic E-state index is 0.351. The second-order valence-electron chi connectivity index (χ2n) is 5.17. The van der Waals surface area contributed by atoms with Gasteiger partial charge in [-0.3, -0.25) is 4.79 Å². The van der Waals surface area contributed by atoms with Crippen molar-refractivity contribution >= 4 is 5.91 Å². The first kappa shape index (κ1) is 13.5. The molecule has 16 heavy (non-hydrogen) atoms. The average Bonchev–Trinajstić information content (AvgIpc) is 2.75. The first-order chi connectivity index (χ1) is 7.65. The van der Waals surface area contributed by atoms with Crippen LogP contribution in [0.2, 0.25) is 0 Å². The third kappa shape index (κ3) is 4.12. The zero-order valence-corrected chi connectivity index (χ0v) is 11.0. The number of hydrogen-bond donors (Lipinski definition) is 1. The third-order valence-electron chi connectivity index (χ3n) is 3.20. The van der Waals surface area contributed by atoms with E-state index in [-0.39, 0.29) is 0 Å². The van der Waals surface area contributed by atoms with Crippen LogP contribution in [0.3, 0.4) is 0 Å². The lowest BCUT2D eigenvalue weighted by Crippen LogP contribution is -2.42. The van der Waals surface area contributed by atoms with Crippen molar-refractivity contribution in [1.29, 1.82) is 0 Å². The highest BCUT2D eigenvalue weighted by Gasteiger charge is 2.25. The Hall–Kier alpha value is -0.570. The van der Waals surface area contributed by atoms with Crippen LogP contribution in [-0.4, -0.2) is 36.5 Å². The highest BCUT2D eigenvalue weighted by atomic mass is 16.2. The van der Waals surface area contributed by atoms with Crippen molar-refractivity contribution in [2.24, 2.45) is 5.92 Å². The molecule has 1 rings (SSSR count). The van der Waals surface area contributed by atoms with Crippen LogP contribution in [0.5, 0.6) is 0 Å². The number of amides is 1. The van der Waals surface area contributed by atoms with Crippen LogP contribution >= 0.6 is 0 Å². The van der Waals surface area contributed by atoms with Crippen LogP contribution in [0.25, 0.3) is 0 Å². The molecule has 1 amide bonds. The number of rotatable bonds is 6. The Balaban J connectivity index is 2.44. The summed E-state index contributed by atoms with van der Waals surface area (Å²) < 4.78 is 0. The van der Waals surface area contributed by atoms with E-state index in [1.54, 1.807) is 0 Å². The Labute approximate surface area is 99.6 Å². The second kappa shape index (κ2) is 6.89. The molecule has 1 unspecified atom stereocenters. The normalized spacial score (nSPS) is 20.4. The smallest absolute Gasteiger partial charge is 0.222 e. The summed E-state index contributed by atoms with van der Waals surface area (Å²) in [6, 6.07) is 0.444. The lowest BCUT2D eigenvalue weighted by Gasteiger charge is -2.28. The molecule has 1 saturated heterocycles. The maximum Gasteiger partial charge on any atom is 0.222 e. The molecule has 1 aliphatic rings. The van der Waals surface area contributed by atoms with Gasteiger partial charge in [0.2, 0.25) is 5.91 Å². The van der Waals surface area contributed by atoms with E-state index in [1.165, 1.54) is 0 Å². The molecule has 1 heterocycles. The van der Waals surface area contributed by atoms with Gasteiger partial charge in [-0.2, -0.15) is 0 Å². The lowest BCUT2D eigenvalue weighted by molar-refractivity contribution is -0.133. The maximum atomic E-state index is 12.1. The fourth-order valence-electron chi connectivity index (χ4n) is 2.21. The van der Waals surface area contributed by atoms with Gasteiger partial charge in [-0.15, -0.1) is 0 Å². The van der Waals surface area contributed by atoms with Crippen LogP contribution in [0, 0.1) is 5.92 Å². The molecule has 1 fully saturated rings. The minimum Gasteiger partial charge on any atom is -0.338 e. The fraction of sp³-hybridized carbons (Fsp3) is 0.923. The number of nitrogens with one attached hydrogen (secondary N) is 1. The largest absolute Gasteiger partial charge is 0.338 e. The molecule has 0 aromatic heterocycles. The number of carbonyl (C=O) groups is 1. The van der Waals surface area contributed by atoms with Crippen molar-refractivity contribution in [1.82, 2.24) is 10.2 Å². The van der Waals surface area contributed by atoms with Crippen molar-refractivity contribution in [2.75, 3.05) is 19.6 Å². The van der Waals surface area contributed by atoms with E-state index >= 15 is 0 Å². The average molecular weight is 226 g/mol. The Kier molecular flexibility index (Phi) is 5.81. The first-order valence-corrected chi connectivity index (χ1v) is 6.65. The summed E-state index contributed by atoms with van der Waals surface area (Å²) in [5.74, 6) is 0.971. The lowest BCUT2D eigenvalue weighted by atomic mass is 10.1. The third-order valence-corrected chi connectivity index (χ3v) is 3.20. The van der Waals surface area contributed by atoms with Gasteiger partial charge in [-0.25, -0.2) is 0 Å². The molecule has 0 aromatic carbocycles. The predicted molar refractivity (Wildman–Crippen MR) is 67.4 cm³/mol. The Morgan fingerprint density at radius 3 is 2.75 bits per heavy atom. The predicted octanol–water partition coefficient (Wildman–Crippen LogP) is 2.02. The van der Waals surface area contributed by atoms with Crippen molar-refractivity contribution in [3.8, 4) is 0 Å². The summed E-state index contributed by atoms with van der Waals surface area (Å²) in [7, 11) is 0. The Morgan fingerprint density at radius 2 is 2.25 bits per heavy atom. The minimum atomic E-state index is 0.351. The fourth-order valence-corrected chi connectivity index (χ4v) is 2.21. The first-order valence-electron chi connectivity index (χ1n) is 6.65. The van der Waals surface area contributed by atoms with Crippen molar-refractivity contribution in [3.63, 3.8) is 0 Å². The van der Waals surface area contributed by atoms with Crippen LogP contribution in [0.15, 0.2) is 0 Å². The van der Waals surface area contributed by atoms with Gasteiger partial charge in [0, 0.05) is 25.6 Å². The molecule has 3 heteroatoms. The van der Waals surface area contributed by atoms with Crippen LogP contribution in [0.4, 0.5) is 0 Å². The molecular weight excluding hydrogens is 200 g/mol. The van der Waals surface area contributed by atoms with E-state index in [9.17, 15) is 4.79 Å². The van der Waals surface area contributed by atoms with E-state index < -0.39 is 0 Å². The van der Waals surface area contributed by atoms with Gasteiger partial charge in [0.05, 0.1) is 0 Å². The number of carbonyl (C=O) groups excluding carboxylic acids is 1. The van der Waals surface area contributed by atoms with E-state index in [2.05, 4.69) is 31.0 Å². The van der Waals surface area contributed by atoms with Crippen molar-refractivity contribution in [3.05, 3.63) is 0 Å². The monoisotopic (exact) mass is 226 g/mol. The van der Waals surface area contributed by atoms with E-state index in [1.807, 2.05) is 0 Å². The van der Waals surface area contributed by atoms with Crippen LogP contribution in [0.1, 0.15) is 46.5 Å². The molecule has 0 aromatic rings. The van der Waals surface area contributed by atoms with Gasteiger partial charge in [-0.05, 0) is 31.7 Å². The van der Waals surface area contributed by atoms with E-state index in [4.69, 9.17) is 0 Å². The maximum absolute atomic E-state index is 12.1. The zero-order chi connectivity index (χ0) is 12.0. The number of nitrogens with zero attached hydrogens (tertiary/aromatic N) is 1. The molecule has 1 N–H and O–H groups in total. The summed E-state index contributed by atoms with van der Waals surface area (Å²) in [6.45, 7) is 9.45. The molecule has 0 radical (unpaired) electrons. The molecule has 1 atom stereocenters. The molecule has 3 nitrogen and oxygen atoms in total. The molecule has 94 valence electrons. The molecule has 0 spiro atoms. The molecular formula is C13H26N2O. The van der Waals surface area contributed by atoms with Crippen LogP contribution in [-0.2, 0) is 4.79 Å². The Morgan fingerprint density at radius 1 is 1.50 bits per heavy atom. The topological polar surface area (TPSA) is 32.3 Å². The zero-order valence-electron chi connectivity index (χ0n) is 11.0. The second-order valence-corrected chi connectivity index (χ2v) is 5.17. The number of hydrogen-bond acceptors (Lipinski definition) is 2. The van der Waals surface area contributed by atoms with Gasteiger partial charge in [0.25, 0.3) is 0 Å². The van der Waals surface area contributed by atoms with Gasteiger partial charge in [0.15, 0.2) is 0 Å². The van der Waals surface area contributed by atoms with Gasteiger partial charge in [-0.1, -0.05) is 20.8 Å². The quantitative estimate of drug-likeness (QED) is 0.751. The summed E-state index contributed by atoms with van der Waals surface area (Å²) >= 11 is 0. The molecule has 0 bridgehead atoms. The van der Waals surface area contributed by atoms with Crippen LogP contribution < -0.4 is 5.32 Å². The van der Waals surface area contributed by atoms with E-state index in [0.717, 1.165) is 38.9 Å². The van der Waals surface area contributed by atoms with Gasteiger partial charge >= 0.3 is 0 Å².